The Morgan fingerprint density at radius 1 is 1.29 bits per heavy atom. The number of hydrogen-bond acceptors (Lipinski definition) is 5. The van der Waals surface area contributed by atoms with Gasteiger partial charge in [-0.2, -0.15) is 0 Å². The molecule has 0 saturated carbocycles. The summed E-state index contributed by atoms with van der Waals surface area (Å²) in [4.78, 5) is 19.9. The van der Waals surface area contributed by atoms with Crippen LogP contribution in [0.25, 0.3) is 10.2 Å². The maximum absolute atomic E-state index is 13.4. The molecule has 1 unspecified atom stereocenters. The van der Waals surface area contributed by atoms with Gasteiger partial charge in [-0.1, -0.05) is 17.4 Å². The van der Waals surface area contributed by atoms with Crippen LogP contribution in [0.2, 0.25) is 0 Å². The Hall–Kier alpha value is -2.44. The number of hydrogen-bond donors (Lipinski definition) is 0. The topological polar surface area (TPSA) is 51.7 Å². The van der Waals surface area contributed by atoms with Crippen molar-refractivity contribution >= 4 is 32.6 Å². The lowest BCUT2D eigenvalue weighted by Crippen LogP contribution is -2.37. The summed E-state index contributed by atoms with van der Waals surface area (Å²) >= 11 is 1.57. The number of carbonyl (C=O) groups is 1. The minimum Gasteiger partial charge on any atom is -0.497 e. The molecule has 146 valence electrons. The molecule has 1 aliphatic heterocycles. The predicted octanol–water partition coefficient (Wildman–Crippen LogP) is 4.75. The number of amides is 1. The zero-order chi connectivity index (χ0) is 19.7. The Morgan fingerprint density at radius 3 is 2.75 bits per heavy atom. The summed E-state index contributed by atoms with van der Waals surface area (Å²) in [5, 5.41) is 0.722. The lowest BCUT2D eigenvalue weighted by molar-refractivity contribution is 0.0917. The van der Waals surface area contributed by atoms with Gasteiger partial charge in [0.2, 0.25) is 0 Å². The van der Waals surface area contributed by atoms with E-state index in [0.717, 1.165) is 40.5 Å². The minimum absolute atomic E-state index is 0.0528. The highest BCUT2D eigenvalue weighted by Crippen LogP contribution is 2.33. The van der Waals surface area contributed by atoms with Gasteiger partial charge in [-0.15, -0.1) is 0 Å². The number of benzene rings is 2. The van der Waals surface area contributed by atoms with Gasteiger partial charge >= 0.3 is 0 Å². The van der Waals surface area contributed by atoms with Crippen molar-refractivity contribution in [1.82, 2.24) is 4.98 Å². The average molecular weight is 397 g/mol. The smallest absolute Gasteiger partial charge is 0.260 e. The molecule has 6 heteroatoms. The van der Waals surface area contributed by atoms with Gasteiger partial charge in [-0.3, -0.25) is 9.69 Å². The van der Waals surface area contributed by atoms with Crippen molar-refractivity contribution < 1.29 is 14.3 Å². The van der Waals surface area contributed by atoms with E-state index in [1.54, 1.807) is 35.5 Å². The molecule has 0 aliphatic carbocycles. The third kappa shape index (κ3) is 3.75. The van der Waals surface area contributed by atoms with Gasteiger partial charge in [0.1, 0.15) is 5.75 Å². The maximum atomic E-state index is 13.4. The number of anilines is 1. The van der Waals surface area contributed by atoms with E-state index in [1.807, 2.05) is 12.1 Å². The summed E-state index contributed by atoms with van der Waals surface area (Å²) in [6.07, 6.45) is 2.06. The molecular weight excluding hydrogens is 372 g/mol. The summed E-state index contributed by atoms with van der Waals surface area (Å²) in [6, 6.07) is 11.4. The van der Waals surface area contributed by atoms with Crippen LogP contribution in [-0.4, -0.2) is 37.3 Å². The van der Waals surface area contributed by atoms with Crippen LogP contribution in [0.4, 0.5) is 5.13 Å². The Morgan fingerprint density at radius 2 is 2.07 bits per heavy atom. The third-order valence-corrected chi connectivity index (χ3v) is 6.26. The number of carbonyl (C=O) groups excluding carboxylic acids is 1. The molecular formula is C22H24N2O3S. The lowest BCUT2D eigenvalue weighted by Gasteiger charge is -2.23. The van der Waals surface area contributed by atoms with Gasteiger partial charge in [-0.25, -0.2) is 4.98 Å². The molecule has 0 spiro atoms. The van der Waals surface area contributed by atoms with Crippen molar-refractivity contribution in [2.45, 2.75) is 32.8 Å². The minimum atomic E-state index is -0.0633. The van der Waals surface area contributed by atoms with Crippen LogP contribution in [0.3, 0.4) is 0 Å². The molecule has 28 heavy (non-hydrogen) atoms. The fourth-order valence-electron chi connectivity index (χ4n) is 3.61. The second-order valence-corrected chi connectivity index (χ2v) is 8.18. The van der Waals surface area contributed by atoms with Gasteiger partial charge in [0, 0.05) is 12.2 Å². The SMILES string of the molecule is COc1ccc(C(=O)N(CC2CCCO2)c2nc3cc(C)cc(C)c3s2)cc1. The molecule has 0 bridgehead atoms. The number of ether oxygens (including phenoxy) is 2. The number of nitrogens with zero attached hydrogens (tertiary/aromatic N) is 2. The number of fused-ring (bicyclic) bond motifs is 1. The summed E-state index contributed by atoms with van der Waals surface area (Å²) in [6.45, 7) is 5.43. The Balaban J connectivity index is 1.72. The number of aryl methyl sites for hydroxylation is 2. The molecule has 1 saturated heterocycles. The predicted molar refractivity (Wildman–Crippen MR) is 113 cm³/mol. The molecule has 0 radical (unpaired) electrons. The van der Waals surface area contributed by atoms with Crippen molar-refractivity contribution in [2.75, 3.05) is 25.2 Å². The number of rotatable bonds is 5. The van der Waals surface area contributed by atoms with Crippen molar-refractivity contribution in [3.05, 3.63) is 53.1 Å². The zero-order valence-electron chi connectivity index (χ0n) is 16.4. The van der Waals surface area contributed by atoms with E-state index in [1.165, 1.54) is 11.1 Å². The quantitative estimate of drug-likeness (QED) is 0.625. The van der Waals surface area contributed by atoms with Crippen LogP contribution in [0.5, 0.6) is 5.75 Å². The molecule has 1 aliphatic rings. The van der Waals surface area contributed by atoms with E-state index in [0.29, 0.717) is 12.1 Å². The monoisotopic (exact) mass is 396 g/mol. The number of methoxy groups -OCH3 is 1. The Kier molecular flexibility index (Phi) is 5.33. The van der Waals surface area contributed by atoms with Crippen LogP contribution in [0.15, 0.2) is 36.4 Å². The van der Waals surface area contributed by atoms with Gasteiger partial charge in [0.25, 0.3) is 5.91 Å². The first-order chi connectivity index (χ1) is 13.5. The van der Waals surface area contributed by atoms with Crippen molar-refractivity contribution in [3.63, 3.8) is 0 Å². The van der Waals surface area contributed by atoms with E-state index in [9.17, 15) is 4.79 Å². The van der Waals surface area contributed by atoms with Crippen molar-refractivity contribution in [3.8, 4) is 5.75 Å². The first kappa shape index (κ1) is 18.9. The van der Waals surface area contributed by atoms with Crippen LogP contribution in [0.1, 0.15) is 34.3 Å². The summed E-state index contributed by atoms with van der Waals surface area (Å²) in [5.74, 6) is 0.667. The molecule has 1 fully saturated rings. The van der Waals surface area contributed by atoms with Gasteiger partial charge in [-0.05, 0) is 68.1 Å². The van der Waals surface area contributed by atoms with Gasteiger partial charge in [0.15, 0.2) is 5.13 Å². The summed E-state index contributed by atoms with van der Waals surface area (Å²) < 4.78 is 12.1. The Bertz CT molecular complexity index is 991. The fraction of sp³-hybridized carbons (Fsp3) is 0.364. The summed E-state index contributed by atoms with van der Waals surface area (Å²) in [5.41, 5.74) is 3.92. The molecule has 2 heterocycles. The van der Waals surface area contributed by atoms with Crippen LogP contribution in [-0.2, 0) is 4.74 Å². The first-order valence-electron chi connectivity index (χ1n) is 9.50. The summed E-state index contributed by atoms with van der Waals surface area (Å²) in [7, 11) is 1.62. The average Bonchev–Trinajstić information content (AvgIpc) is 3.35. The molecule has 1 atom stereocenters. The highest BCUT2D eigenvalue weighted by atomic mass is 32.1. The maximum Gasteiger partial charge on any atom is 0.260 e. The number of aromatic nitrogens is 1. The molecule has 0 N–H and O–H groups in total. The molecule has 1 amide bonds. The second-order valence-electron chi connectivity index (χ2n) is 7.21. The molecule has 1 aromatic heterocycles. The van der Waals surface area contributed by atoms with E-state index in [4.69, 9.17) is 14.5 Å². The van der Waals surface area contributed by atoms with E-state index < -0.39 is 0 Å². The Labute approximate surface area is 168 Å². The van der Waals surface area contributed by atoms with E-state index >= 15 is 0 Å². The molecule has 3 aromatic rings. The van der Waals surface area contributed by atoms with E-state index in [-0.39, 0.29) is 12.0 Å². The van der Waals surface area contributed by atoms with Crippen molar-refractivity contribution in [2.24, 2.45) is 0 Å². The van der Waals surface area contributed by atoms with Crippen LogP contribution >= 0.6 is 11.3 Å². The molecule has 5 nitrogen and oxygen atoms in total. The second kappa shape index (κ2) is 7.89. The van der Waals surface area contributed by atoms with Crippen LogP contribution < -0.4 is 9.64 Å². The highest BCUT2D eigenvalue weighted by molar-refractivity contribution is 7.22. The first-order valence-corrected chi connectivity index (χ1v) is 10.3. The molecule has 2 aromatic carbocycles. The number of thiazole rings is 1. The van der Waals surface area contributed by atoms with Crippen LogP contribution in [0, 0.1) is 13.8 Å². The highest BCUT2D eigenvalue weighted by Gasteiger charge is 2.27. The largest absolute Gasteiger partial charge is 0.497 e. The fourth-order valence-corrected chi connectivity index (χ4v) is 4.63. The normalized spacial score (nSPS) is 16.5. The zero-order valence-corrected chi connectivity index (χ0v) is 17.2. The van der Waals surface area contributed by atoms with Gasteiger partial charge < -0.3 is 9.47 Å². The third-order valence-electron chi connectivity index (χ3n) is 5.03. The van der Waals surface area contributed by atoms with E-state index in [2.05, 4.69) is 26.0 Å². The van der Waals surface area contributed by atoms with Crippen molar-refractivity contribution in [1.29, 1.82) is 0 Å². The lowest BCUT2D eigenvalue weighted by atomic mass is 10.1. The standard InChI is InChI=1S/C22H24N2O3S/c1-14-11-15(2)20-19(12-14)23-22(28-20)24(13-18-5-4-10-27-18)21(25)16-6-8-17(26-3)9-7-16/h6-9,11-12,18H,4-5,10,13H2,1-3H3. The van der Waals surface area contributed by atoms with Gasteiger partial charge in [0.05, 0.1) is 30.0 Å². The molecule has 4 rings (SSSR count).